The molecule has 0 aliphatic carbocycles. The predicted octanol–water partition coefficient (Wildman–Crippen LogP) is 1.72. The van der Waals surface area contributed by atoms with Crippen molar-refractivity contribution in [3.8, 4) is 6.07 Å². The van der Waals surface area contributed by atoms with E-state index in [0.717, 1.165) is 0 Å². The minimum absolute atomic E-state index is 0.0603. The molecule has 0 spiro atoms. The molecule has 0 saturated heterocycles. The lowest BCUT2D eigenvalue weighted by atomic mass is 10.2. The molecule has 0 amide bonds. The van der Waals surface area contributed by atoms with Crippen LogP contribution in [0.15, 0.2) is 42.8 Å². The van der Waals surface area contributed by atoms with Crippen molar-refractivity contribution < 1.29 is 9.53 Å². The van der Waals surface area contributed by atoms with E-state index in [1.54, 1.807) is 30.6 Å². The van der Waals surface area contributed by atoms with Crippen LogP contribution in [0.25, 0.3) is 6.08 Å². The second kappa shape index (κ2) is 6.14. The van der Waals surface area contributed by atoms with Gasteiger partial charge in [0.2, 0.25) is 0 Å². The number of nitriles is 1. The van der Waals surface area contributed by atoms with Crippen molar-refractivity contribution in [2.45, 2.75) is 0 Å². The Morgan fingerprint density at radius 2 is 2.50 bits per heavy atom. The van der Waals surface area contributed by atoms with Gasteiger partial charge in [-0.15, -0.1) is 0 Å². The normalized spacial score (nSPS) is 10.3. The highest BCUT2D eigenvalue weighted by Gasteiger charge is 2.09. The van der Waals surface area contributed by atoms with E-state index in [9.17, 15) is 4.79 Å². The number of esters is 1. The van der Waals surface area contributed by atoms with Gasteiger partial charge in [-0.3, -0.25) is 4.98 Å². The quantitative estimate of drug-likeness (QED) is 0.331. The Morgan fingerprint density at radius 3 is 3.06 bits per heavy atom. The Bertz CT molecular complexity index is 444. The molecule has 0 N–H and O–H groups in total. The average Bonchev–Trinajstić information content (AvgIpc) is 2.34. The van der Waals surface area contributed by atoms with Crippen molar-refractivity contribution in [1.82, 2.24) is 4.98 Å². The molecule has 0 aromatic carbocycles. The van der Waals surface area contributed by atoms with Crippen LogP contribution in [0.2, 0.25) is 0 Å². The van der Waals surface area contributed by atoms with Gasteiger partial charge in [0.1, 0.15) is 18.2 Å². The molecule has 4 nitrogen and oxygen atoms in total. The number of ether oxygens (including phenoxy) is 1. The van der Waals surface area contributed by atoms with Crippen molar-refractivity contribution in [3.63, 3.8) is 0 Å². The first-order valence-corrected chi connectivity index (χ1v) is 4.57. The maximum atomic E-state index is 11.4. The Kier molecular flexibility index (Phi) is 4.48. The summed E-state index contributed by atoms with van der Waals surface area (Å²) in [5.74, 6) is -0.661. The van der Waals surface area contributed by atoms with Gasteiger partial charge < -0.3 is 4.74 Å². The fourth-order valence-electron chi connectivity index (χ4n) is 0.977. The van der Waals surface area contributed by atoms with E-state index < -0.39 is 5.97 Å². The van der Waals surface area contributed by atoms with Gasteiger partial charge in [-0.05, 0) is 17.7 Å². The first-order chi connectivity index (χ1) is 7.77. The Labute approximate surface area is 93.5 Å². The molecular formula is C12H10N2O2. The third-order valence-corrected chi connectivity index (χ3v) is 1.67. The van der Waals surface area contributed by atoms with E-state index in [1.807, 2.05) is 0 Å². The molecule has 0 saturated carbocycles. The van der Waals surface area contributed by atoms with Gasteiger partial charge >= 0.3 is 5.97 Å². The highest BCUT2D eigenvalue weighted by molar-refractivity contribution is 5.97. The summed E-state index contributed by atoms with van der Waals surface area (Å²) < 4.78 is 4.75. The lowest BCUT2D eigenvalue weighted by Crippen LogP contribution is -2.06. The number of pyridine rings is 1. The van der Waals surface area contributed by atoms with Crippen LogP contribution in [0.5, 0.6) is 0 Å². The van der Waals surface area contributed by atoms with Crippen molar-refractivity contribution in [2.24, 2.45) is 0 Å². The van der Waals surface area contributed by atoms with E-state index in [4.69, 9.17) is 10.00 Å². The summed E-state index contributed by atoms with van der Waals surface area (Å²) in [4.78, 5) is 15.2. The largest absolute Gasteiger partial charge is 0.457 e. The Hall–Kier alpha value is -2.41. The number of carbonyl (C=O) groups excluding carboxylic acids is 1. The van der Waals surface area contributed by atoms with Crippen LogP contribution in [-0.4, -0.2) is 17.6 Å². The van der Waals surface area contributed by atoms with Gasteiger partial charge in [-0.25, -0.2) is 4.79 Å². The van der Waals surface area contributed by atoms with E-state index in [2.05, 4.69) is 11.6 Å². The minimum Gasteiger partial charge on any atom is -0.457 e. The maximum absolute atomic E-state index is 11.4. The van der Waals surface area contributed by atoms with Crippen molar-refractivity contribution >= 4 is 12.0 Å². The molecule has 80 valence electrons. The van der Waals surface area contributed by atoms with Crippen molar-refractivity contribution in [3.05, 3.63) is 48.3 Å². The molecule has 1 aromatic heterocycles. The van der Waals surface area contributed by atoms with Crippen LogP contribution in [0.4, 0.5) is 0 Å². The topological polar surface area (TPSA) is 63.0 Å². The zero-order chi connectivity index (χ0) is 11.8. The summed E-state index contributed by atoms with van der Waals surface area (Å²) in [6, 6.07) is 5.24. The highest BCUT2D eigenvalue weighted by atomic mass is 16.5. The van der Waals surface area contributed by atoms with Crippen LogP contribution in [0, 0.1) is 11.3 Å². The lowest BCUT2D eigenvalue weighted by molar-refractivity contribution is -0.137. The summed E-state index contributed by atoms with van der Waals surface area (Å²) in [6.07, 6.45) is 6.03. The molecule has 1 aromatic rings. The van der Waals surface area contributed by atoms with E-state index in [0.29, 0.717) is 5.56 Å². The standard InChI is InChI=1S/C12H10N2O2/c1-2-6-16-12(15)11(8-13)7-10-4-3-5-14-9-10/h2-5,7,9H,1,6H2. The summed E-state index contributed by atoms with van der Waals surface area (Å²) in [5.41, 5.74) is 0.615. The van der Waals surface area contributed by atoms with Crippen LogP contribution >= 0.6 is 0 Å². The van der Waals surface area contributed by atoms with Crippen molar-refractivity contribution in [2.75, 3.05) is 6.61 Å². The van der Waals surface area contributed by atoms with E-state index in [-0.39, 0.29) is 12.2 Å². The number of nitrogens with zero attached hydrogens (tertiary/aromatic N) is 2. The fourth-order valence-corrected chi connectivity index (χ4v) is 0.977. The van der Waals surface area contributed by atoms with Gasteiger partial charge in [0, 0.05) is 12.4 Å². The smallest absolute Gasteiger partial charge is 0.349 e. The van der Waals surface area contributed by atoms with Gasteiger partial charge in [-0.2, -0.15) is 5.26 Å². The third kappa shape index (κ3) is 3.39. The molecule has 0 unspecified atom stereocenters. The summed E-state index contributed by atoms with van der Waals surface area (Å²) in [5, 5.41) is 8.79. The summed E-state index contributed by atoms with van der Waals surface area (Å²) in [7, 11) is 0. The number of rotatable bonds is 4. The second-order valence-corrected chi connectivity index (χ2v) is 2.84. The molecule has 0 atom stereocenters. The first kappa shape index (κ1) is 11.7. The monoisotopic (exact) mass is 214 g/mol. The third-order valence-electron chi connectivity index (χ3n) is 1.67. The van der Waals surface area contributed by atoms with Crippen LogP contribution in [0.1, 0.15) is 5.56 Å². The first-order valence-electron chi connectivity index (χ1n) is 4.57. The Morgan fingerprint density at radius 1 is 1.69 bits per heavy atom. The van der Waals surface area contributed by atoms with Gasteiger partial charge in [0.05, 0.1) is 0 Å². The molecule has 0 aliphatic rings. The van der Waals surface area contributed by atoms with Gasteiger partial charge in [0.25, 0.3) is 0 Å². The van der Waals surface area contributed by atoms with Crippen molar-refractivity contribution in [1.29, 1.82) is 5.26 Å². The minimum atomic E-state index is -0.661. The van der Waals surface area contributed by atoms with Gasteiger partial charge in [0.15, 0.2) is 0 Å². The summed E-state index contributed by atoms with van der Waals surface area (Å²) >= 11 is 0. The molecule has 1 heterocycles. The highest BCUT2D eigenvalue weighted by Crippen LogP contribution is 2.06. The molecular weight excluding hydrogens is 204 g/mol. The zero-order valence-corrected chi connectivity index (χ0v) is 8.59. The molecule has 0 fully saturated rings. The zero-order valence-electron chi connectivity index (χ0n) is 8.59. The SMILES string of the molecule is C=CCOC(=O)C(C#N)=Cc1cccnc1. The lowest BCUT2D eigenvalue weighted by Gasteiger charge is -1.99. The van der Waals surface area contributed by atoms with Crippen LogP contribution in [0.3, 0.4) is 0 Å². The number of hydrogen-bond acceptors (Lipinski definition) is 4. The average molecular weight is 214 g/mol. The molecule has 0 radical (unpaired) electrons. The second-order valence-electron chi connectivity index (χ2n) is 2.84. The molecule has 0 aliphatic heterocycles. The predicted molar refractivity (Wildman–Crippen MR) is 59.0 cm³/mol. The van der Waals surface area contributed by atoms with Gasteiger partial charge in [-0.1, -0.05) is 18.7 Å². The van der Waals surface area contributed by atoms with Crippen LogP contribution in [-0.2, 0) is 9.53 Å². The molecule has 4 heteroatoms. The van der Waals surface area contributed by atoms with E-state index in [1.165, 1.54) is 12.2 Å². The molecule has 0 bridgehead atoms. The van der Waals surface area contributed by atoms with Crippen LogP contribution < -0.4 is 0 Å². The number of hydrogen-bond donors (Lipinski definition) is 0. The van der Waals surface area contributed by atoms with E-state index >= 15 is 0 Å². The summed E-state index contributed by atoms with van der Waals surface area (Å²) in [6.45, 7) is 3.50. The fraction of sp³-hybridized carbons (Fsp3) is 0.0833. The number of aromatic nitrogens is 1. The molecule has 16 heavy (non-hydrogen) atoms. The Balaban J connectivity index is 2.83. The number of carbonyl (C=O) groups is 1. The molecule has 1 rings (SSSR count). The maximum Gasteiger partial charge on any atom is 0.349 e.